The molecular formula is C15H23FN2O2. The fourth-order valence-electron chi connectivity index (χ4n) is 1.82. The average molecular weight is 282 g/mol. The monoisotopic (exact) mass is 282 g/mol. The van der Waals surface area contributed by atoms with Crippen LogP contribution in [-0.4, -0.2) is 23.3 Å². The second-order valence-corrected chi connectivity index (χ2v) is 5.28. The molecule has 1 atom stereocenters. The molecule has 0 bridgehead atoms. The molecule has 0 fully saturated rings. The van der Waals surface area contributed by atoms with E-state index >= 15 is 0 Å². The van der Waals surface area contributed by atoms with Gasteiger partial charge in [0.25, 0.3) is 0 Å². The van der Waals surface area contributed by atoms with E-state index in [1.807, 2.05) is 13.8 Å². The number of carbonyl (C=O) groups is 1. The van der Waals surface area contributed by atoms with Gasteiger partial charge in [-0.1, -0.05) is 19.1 Å². The molecule has 0 radical (unpaired) electrons. The number of aliphatic hydroxyl groups excluding tert-OH is 1. The lowest BCUT2D eigenvalue weighted by Crippen LogP contribution is -2.50. The second kappa shape index (κ2) is 7.24. The summed E-state index contributed by atoms with van der Waals surface area (Å²) >= 11 is 0. The maximum atomic E-state index is 13.4. The lowest BCUT2D eigenvalue weighted by molar-refractivity contribution is 0.200. The molecule has 0 saturated heterocycles. The van der Waals surface area contributed by atoms with E-state index in [2.05, 4.69) is 10.6 Å². The Kier molecular flexibility index (Phi) is 5.95. The SMILES string of the molecule is CCC(C)(CCO)NC(=O)NCc1ccc(C)c(F)c1. The van der Waals surface area contributed by atoms with Gasteiger partial charge >= 0.3 is 6.03 Å². The maximum Gasteiger partial charge on any atom is 0.315 e. The van der Waals surface area contributed by atoms with Gasteiger partial charge in [-0.15, -0.1) is 0 Å². The first-order valence-electron chi connectivity index (χ1n) is 6.82. The van der Waals surface area contributed by atoms with Crippen molar-refractivity contribution in [3.8, 4) is 0 Å². The van der Waals surface area contributed by atoms with Crippen molar-refractivity contribution in [1.82, 2.24) is 10.6 Å². The van der Waals surface area contributed by atoms with Crippen molar-refractivity contribution in [2.45, 2.75) is 45.7 Å². The van der Waals surface area contributed by atoms with Gasteiger partial charge in [0.1, 0.15) is 5.82 Å². The number of amides is 2. The number of nitrogens with one attached hydrogen (secondary N) is 2. The molecule has 5 heteroatoms. The van der Waals surface area contributed by atoms with Crippen molar-refractivity contribution in [3.05, 3.63) is 35.1 Å². The minimum Gasteiger partial charge on any atom is -0.396 e. The van der Waals surface area contributed by atoms with Gasteiger partial charge in [-0.3, -0.25) is 0 Å². The molecule has 0 saturated carbocycles. The molecule has 0 aliphatic rings. The second-order valence-electron chi connectivity index (χ2n) is 5.28. The Balaban J connectivity index is 2.52. The van der Waals surface area contributed by atoms with E-state index in [1.54, 1.807) is 19.1 Å². The number of aryl methyl sites for hydroxylation is 1. The smallest absolute Gasteiger partial charge is 0.315 e. The van der Waals surface area contributed by atoms with Crippen molar-refractivity contribution in [2.24, 2.45) is 0 Å². The summed E-state index contributed by atoms with van der Waals surface area (Å²) < 4.78 is 13.4. The van der Waals surface area contributed by atoms with E-state index in [4.69, 9.17) is 5.11 Å². The number of carbonyl (C=O) groups excluding carboxylic acids is 1. The van der Waals surface area contributed by atoms with Crippen LogP contribution in [0.1, 0.15) is 37.8 Å². The fraction of sp³-hybridized carbons (Fsp3) is 0.533. The largest absolute Gasteiger partial charge is 0.396 e. The number of benzene rings is 1. The Bertz CT molecular complexity index is 465. The summed E-state index contributed by atoms with van der Waals surface area (Å²) in [5, 5.41) is 14.5. The van der Waals surface area contributed by atoms with E-state index in [-0.39, 0.29) is 25.0 Å². The van der Waals surface area contributed by atoms with Crippen LogP contribution in [0.3, 0.4) is 0 Å². The van der Waals surface area contributed by atoms with Gasteiger partial charge in [0.15, 0.2) is 0 Å². The molecule has 0 aliphatic carbocycles. The summed E-state index contributed by atoms with van der Waals surface area (Å²) in [5.74, 6) is -0.275. The topological polar surface area (TPSA) is 61.4 Å². The van der Waals surface area contributed by atoms with Crippen molar-refractivity contribution in [3.63, 3.8) is 0 Å². The molecule has 0 heterocycles. The predicted molar refractivity (Wildman–Crippen MR) is 76.9 cm³/mol. The Morgan fingerprint density at radius 3 is 2.70 bits per heavy atom. The fourth-order valence-corrected chi connectivity index (χ4v) is 1.82. The molecule has 2 amide bonds. The molecule has 1 unspecified atom stereocenters. The highest BCUT2D eigenvalue weighted by Gasteiger charge is 2.23. The molecule has 0 spiro atoms. The Hall–Kier alpha value is -1.62. The summed E-state index contributed by atoms with van der Waals surface area (Å²) in [5.41, 5.74) is 0.862. The average Bonchev–Trinajstić information content (AvgIpc) is 2.40. The predicted octanol–water partition coefficient (Wildman–Crippen LogP) is 2.48. The van der Waals surface area contributed by atoms with Gasteiger partial charge in [0.2, 0.25) is 0 Å². The summed E-state index contributed by atoms with van der Waals surface area (Å²) in [6, 6.07) is 4.57. The molecule has 20 heavy (non-hydrogen) atoms. The zero-order valence-corrected chi connectivity index (χ0v) is 12.3. The molecular weight excluding hydrogens is 259 g/mol. The van der Waals surface area contributed by atoms with Crippen LogP contribution in [0.2, 0.25) is 0 Å². The Morgan fingerprint density at radius 1 is 1.45 bits per heavy atom. The van der Waals surface area contributed by atoms with Crippen LogP contribution >= 0.6 is 0 Å². The molecule has 1 rings (SSSR count). The zero-order valence-electron chi connectivity index (χ0n) is 12.3. The minimum atomic E-state index is -0.433. The van der Waals surface area contributed by atoms with Crippen LogP contribution in [0.4, 0.5) is 9.18 Å². The summed E-state index contributed by atoms with van der Waals surface area (Å²) in [6.07, 6.45) is 1.22. The van der Waals surface area contributed by atoms with E-state index in [0.717, 1.165) is 6.42 Å². The van der Waals surface area contributed by atoms with Crippen molar-refractivity contribution < 1.29 is 14.3 Å². The zero-order chi connectivity index (χ0) is 15.2. The Labute approximate surface area is 119 Å². The van der Waals surface area contributed by atoms with Crippen LogP contribution in [0.25, 0.3) is 0 Å². The molecule has 0 aromatic heterocycles. The summed E-state index contributed by atoms with van der Waals surface area (Å²) in [4.78, 5) is 11.8. The number of rotatable bonds is 6. The van der Waals surface area contributed by atoms with Crippen molar-refractivity contribution in [1.29, 1.82) is 0 Å². The van der Waals surface area contributed by atoms with E-state index in [9.17, 15) is 9.18 Å². The van der Waals surface area contributed by atoms with Gasteiger partial charge < -0.3 is 15.7 Å². The Morgan fingerprint density at radius 2 is 2.15 bits per heavy atom. The van der Waals surface area contributed by atoms with Crippen molar-refractivity contribution >= 4 is 6.03 Å². The molecule has 4 nitrogen and oxygen atoms in total. The molecule has 0 aliphatic heterocycles. The first-order chi connectivity index (χ1) is 9.40. The molecule has 112 valence electrons. The van der Waals surface area contributed by atoms with E-state index < -0.39 is 5.54 Å². The van der Waals surface area contributed by atoms with E-state index in [1.165, 1.54) is 6.07 Å². The maximum absolute atomic E-state index is 13.4. The van der Waals surface area contributed by atoms with E-state index in [0.29, 0.717) is 17.5 Å². The lowest BCUT2D eigenvalue weighted by atomic mass is 9.95. The summed E-state index contributed by atoms with van der Waals surface area (Å²) in [6.45, 7) is 5.82. The van der Waals surface area contributed by atoms with Gasteiger partial charge in [-0.25, -0.2) is 9.18 Å². The molecule has 3 N–H and O–H groups in total. The van der Waals surface area contributed by atoms with Gasteiger partial charge in [0, 0.05) is 18.7 Å². The number of urea groups is 1. The van der Waals surface area contributed by atoms with Gasteiger partial charge in [-0.05, 0) is 43.9 Å². The lowest BCUT2D eigenvalue weighted by Gasteiger charge is -2.29. The standard InChI is InChI=1S/C15H23FN2O2/c1-4-15(3,7-8-19)18-14(20)17-10-12-6-5-11(2)13(16)9-12/h5-6,9,19H,4,7-8,10H2,1-3H3,(H2,17,18,20). The summed E-state index contributed by atoms with van der Waals surface area (Å²) in [7, 11) is 0. The highest BCUT2D eigenvalue weighted by Crippen LogP contribution is 2.13. The van der Waals surface area contributed by atoms with Crippen LogP contribution in [0.5, 0.6) is 0 Å². The third kappa shape index (κ3) is 4.81. The van der Waals surface area contributed by atoms with Crippen LogP contribution in [0.15, 0.2) is 18.2 Å². The minimum absolute atomic E-state index is 0.0216. The number of hydrogen-bond acceptors (Lipinski definition) is 2. The third-order valence-corrected chi connectivity index (χ3v) is 3.55. The number of hydrogen-bond donors (Lipinski definition) is 3. The normalized spacial score (nSPS) is 13.7. The third-order valence-electron chi connectivity index (χ3n) is 3.55. The highest BCUT2D eigenvalue weighted by atomic mass is 19.1. The van der Waals surface area contributed by atoms with Gasteiger partial charge in [-0.2, -0.15) is 0 Å². The molecule has 1 aromatic carbocycles. The molecule has 1 aromatic rings. The van der Waals surface area contributed by atoms with Crippen LogP contribution in [0, 0.1) is 12.7 Å². The first-order valence-corrected chi connectivity index (χ1v) is 6.82. The highest BCUT2D eigenvalue weighted by molar-refractivity contribution is 5.74. The quantitative estimate of drug-likeness (QED) is 0.750. The van der Waals surface area contributed by atoms with Gasteiger partial charge in [0.05, 0.1) is 0 Å². The first kappa shape index (κ1) is 16.4. The van der Waals surface area contributed by atoms with Crippen molar-refractivity contribution in [2.75, 3.05) is 6.61 Å². The number of halogens is 1. The number of aliphatic hydroxyl groups is 1. The van der Waals surface area contributed by atoms with Crippen LogP contribution in [-0.2, 0) is 6.54 Å². The van der Waals surface area contributed by atoms with Crippen LogP contribution < -0.4 is 10.6 Å².